The van der Waals surface area contributed by atoms with Crippen LogP contribution in [-0.4, -0.2) is 46.0 Å². The second-order valence-electron chi connectivity index (χ2n) is 5.35. The van der Waals surface area contributed by atoms with E-state index in [2.05, 4.69) is 5.32 Å². The molecule has 0 bridgehead atoms. The van der Waals surface area contributed by atoms with Gasteiger partial charge < -0.3 is 29.0 Å². The Labute approximate surface area is 139 Å². The van der Waals surface area contributed by atoms with Crippen LogP contribution in [0, 0.1) is 5.92 Å². The van der Waals surface area contributed by atoms with E-state index >= 15 is 0 Å². The average Bonchev–Trinajstić information content (AvgIpc) is 3.19. The number of carbonyl (C=O) groups excluding carboxylic acids is 2. The highest BCUT2D eigenvalue weighted by Crippen LogP contribution is 2.52. The molecule has 0 aromatic heterocycles. The largest absolute Gasteiger partial charge is 0.492 e. The number of hydrogen-bond donors (Lipinski definition) is 1. The highest BCUT2D eigenvalue weighted by atomic mass is 16.7. The molecule has 0 spiro atoms. The molecule has 24 heavy (non-hydrogen) atoms. The molecule has 1 amide bonds. The number of carbonyl (C=O) groups is 2. The van der Waals surface area contributed by atoms with Gasteiger partial charge in [0, 0.05) is 18.0 Å². The fourth-order valence-corrected chi connectivity index (χ4v) is 3.10. The number of esters is 1. The maximum Gasteiger partial charge on any atom is 0.319 e. The Morgan fingerprint density at radius 2 is 2.04 bits per heavy atom. The zero-order valence-electron chi connectivity index (χ0n) is 13.7. The zero-order chi connectivity index (χ0) is 17.3. The van der Waals surface area contributed by atoms with Gasteiger partial charge in [-0.15, -0.1) is 0 Å². The third-order valence-electron chi connectivity index (χ3n) is 4.13. The lowest BCUT2D eigenvalue weighted by Crippen LogP contribution is -2.29. The molecule has 2 aliphatic heterocycles. The Morgan fingerprint density at radius 3 is 2.71 bits per heavy atom. The molecule has 130 valence electrons. The molecular weight excluding hydrogens is 318 g/mol. The van der Waals surface area contributed by atoms with Crippen molar-refractivity contribution in [3.05, 3.63) is 11.6 Å². The van der Waals surface area contributed by atoms with Crippen molar-refractivity contribution < 1.29 is 33.3 Å². The molecule has 8 nitrogen and oxygen atoms in total. The summed E-state index contributed by atoms with van der Waals surface area (Å²) in [5.41, 5.74) is 0.634. The summed E-state index contributed by atoms with van der Waals surface area (Å²) in [6, 6.07) is 1.72. The van der Waals surface area contributed by atoms with E-state index in [9.17, 15) is 9.59 Å². The van der Waals surface area contributed by atoms with Gasteiger partial charge in [0.25, 0.3) is 0 Å². The molecular formula is C16H19NO7. The summed E-state index contributed by atoms with van der Waals surface area (Å²) in [5, 5.41) is 2.71. The summed E-state index contributed by atoms with van der Waals surface area (Å²) in [6.45, 7) is 2.27. The van der Waals surface area contributed by atoms with Gasteiger partial charge in [-0.3, -0.25) is 9.59 Å². The molecule has 3 rings (SSSR count). The fraction of sp³-hybridized carbons (Fsp3) is 0.500. The third kappa shape index (κ3) is 2.47. The predicted octanol–water partition coefficient (Wildman–Crippen LogP) is 0.825. The first-order chi connectivity index (χ1) is 11.6. The van der Waals surface area contributed by atoms with Crippen molar-refractivity contribution >= 4 is 11.9 Å². The SMILES string of the molecule is CCOC(=O)[C@@H]1C(=O)NC[C@H]1c1cc2c(c(OC)c1OC)OCO2. The van der Waals surface area contributed by atoms with Gasteiger partial charge in [0.1, 0.15) is 5.92 Å². The highest BCUT2D eigenvalue weighted by Gasteiger charge is 2.44. The first-order valence-electron chi connectivity index (χ1n) is 7.61. The summed E-state index contributed by atoms with van der Waals surface area (Å²) in [7, 11) is 2.98. The lowest BCUT2D eigenvalue weighted by Gasteiger charge is -2.21. The van der Waals surface area contributed by atoms with Crippen LogP contribution in [0.2, 0.25) is 0 Å². The van der Waals surface area contributed by atoms with Gasteiger partial charge in [-0.05, 0) is 13.0 Å². The van der Waals surface area contributed by atoms with E-state index in [1.165, 1.54) is 14.2 Å². The molecule has 2 atom stereocenters. The fourth-order valence-electron chi connectivity index (χ4n) is 3.10. The molecule has 0 aliphatic carbocycles. The van der Waals surface area contributed by atoms with Crippen LogP contribution in [0.4, 0.5) is 0 Å². The lowest BCUT2D eigenvalue weighted by molar-refractivity contribution is -0.151. The zero-order valence-corrected chi connectivity index (χ0v) is 13.7. The Kier molecular flexibility index (Phi) is 4.37. The molecule has 0 saturated carbocycles. The van der Waals surface area contributed by atoms with Crippen molar-refractivity contribution in [2.75, 3.05) is 34.2 Å². The van der Waals surface area contributed by atoms with Crippen LogP contribution >= 0.6 is 0 Å². The quantitative estimate of drug-likeness (QED) is 0.628. The smallest absolute Gasteiger partial charge is 0.319 e. The maximum absolute atomic E-state index is 12.2. The summed E-state index contributed by atoms with van der Waals surface area (Å²) >= 11 is 0. The third-order valence-corrected chi connectivity index (χ3v) is 4.13. The molecule has 8 heteroatoms. The molecule has 0 unspecified atom stereocenters. The summed E-state index contributed by atoms with van der Waals surface area (Å²) in [4.78, 5) is 24.3. The minimum absolute atomic E-state index is 0.0709. The number of fused-ring (bicyclic) bond motifs is 1. The van der Waals surface area contributed by atoms with Crippen molar-refractivity contribution in [2.24, 2.45) is 5.92 Å². The first kappa shape index (κ1) is 16.2. The molecule has 1 N–H and O–H groups in total. The van der Waals surface area contributed by atoms with E-state index in [1.807, 2.05) is 0 Å². The van der Waals surface area contributed by atoms with Crippen LogP contribution in [0.25, 0.3) is 0 Å². The van der Waals surface area contributed by atoms with E-state index < -0.39 is 17.8 Å². The van der Waals surface area contributed by atoms with Crippen LogP contribution in [0.5, 0.6) is 23.0 Å². The maximum atomic E-state index is 12.2. The van der Waals surface area contributed by atoms with E-state index in [4.69, 9.17) is 23.7 Å². The molecule has 1 aromatic carbocycles. The number of amides is 1. The topological polar surface area (TPSA) is 92.3 Å². The van der Waals surface area contributed by atoms with Crippen LogP contribution in [0.3, 0.4) is 0 Å². The van der Waals surface area contributed by atoms with E-state index in [-0.39, 0.29) is 19.3 Å². The first-order valence-corrected chi connectivity index (χ1v) is 7.61. The van der Waals surface area contributed by atoms with E-state index in [0.717, 1.165) is 0 Å². The van der Waals surface area contributed by atoms with E-state index in [1.54, 1.807) is 13.0 Å². The summed E-state index contributed by atoms with van der Waals surface area (Å²) in [5.74, 6) is -0.582. The number of hydrogen-bond acceptors (Lipinski definition) is 7. The molecule has 1 saturated heterocycles. The number of nitrogens with one attached hydrogen (secondary N) is 1. The Morgan fingerprint density at radius 1 is 1.29 bits per heavy atom. The monoisotopic (exact) mass is 337 g/mol. The predicted molar refractivity (Wildman–Crippen MR) is 81.5 cm³/mol. The second kappa shape index (κ2) is 6.46. The van der Waals surface area contributed by atoms with Crippen molar-refractivity contribution in [3.8, 4) is 23.0 Å². The summed E-state index contributed by atoms with van der Waals surface area (Å²) in [6.07, 6.45) is 0. The standard InChI is InChI=1S/C16H19NO7/c1-4-22-16(19)11-9(6-17-15(11)18)8-5-10-13(24-7-23-10)14(21-3)12(8)20-2/h5,9,11H,4,6-7H2,1-3H3,(H,17,18)/t9-,11-/m0/s1. The minimum atomic E-state index is -0.941. The van der Waals surface area contributed by atoms with Crippen molar-refractivity contribution in [3.63, 3.8) is 0 Å². The van der Waals surface area contributed by atoms with Gasteiger partial charge in [0.2, 0.25) is 24.2 Å². The van der Waals surface area contributed by atoms with Crippen LogP contribution < -0.4 is 24.3 Å². The van der Waals surface area contributed by atoms with Gasteiger partial charge >= 0.3 is 5.97 Å². The number of rotatable bonds is 5. The molecule has 2 aliphatic rings. The molecule has 1 fully saturated rings. The normalized spacial score (nSPS) is 21.4. The second-order valence-corrected chi connectivity index (χ2v) is 5.35. The average molecular weight is 337 g/mol. The Bertz CT molecular complexity index is 673. The van der Waals surface area contributed by atoms with Crippen molar-refractivity contribution in [1.82, 2.24) is 5.32 Å². The number of methoxy groups -OCH3 is 2. The van der Waals surface area contributed by atoms with Crippen LogP contribution in [0.15, 0.2) is 6.07 Å². The highest BCUT2D eigenvalue weighted by molar-refractivity contribution is 6.01. The van der Waals surface area contributed by atoms with Gasteiger partial charge in [0.15, 0.2) is 11.5 Å². The van der Waals surface area contributed by atoms with E-state index in [0.29, 0.717) is 35.1 Å². The number of benzene rings is 1. The Hall–Kier alpha value is -2.64. The van der Waals surface area contributed by atoms with Crippen molar-refractivity contribution in [1.29, 1.82) is 0 Å². The van der Waals surface area contributed by atoms with Gasteiger partial charge in [-0.25, -0.2) is 0 Å². The minimum Gasteiger partial charge on any atom is -0.492 e. The van der Waals surface area contributed by atoms with Gasteiger partial charge in [-0.2, -0.15) is 0 Å². The van der Waals surface area contributed by atoms with Crippen LogP contribution in [-0.2, 0) is 14.3 Å². The van der Waals surface area contributed by atoms with Gasteiger partial charge in [-0.1, -0.05) is 0 Å². The molecule has 1 aromatic rings. The number of ether oxygens (including phenoxy) is 5. The lowest BCUT2D eigenvalue weighted by atomic mass is 9.87. The molecule has 0 radical (unpaired) electrons. The van der Waals surface area contributed by atoms with Gasteiger partial charge in [0.05, 0.1) is 20.8 Å². The van der Waals surface area contributed by atoms with Crippen LogP contribution in [0.1, 0.15) is 18.4 Å². The molecule has 2 heterocycles. The summed E-state index contributed by atoms with van der Waals surface area (Å²) < 4.78 is 26.8. The van der Waals surface area contributed by atoms with Crippen molar-refractivity contribution in [2.45, 2.75) is 12.8 Å². The Balaban J connectivity index is 2.08.